The summed E-state index contributed by atoms with van der Waals surface area (Å²) in [6.07, 6.45) is 0. The van der Waals surface area contributed by atoms with Crippen LogP contribution in [0.1, 0.15) is 11.1 Å². The second kappa shape index (κ2) is 9.57. The summed E-state index contributed by atoms with van der Waals surface area (Å²) in [5, 5.41) is 6.68. The number of rotatable bonds is 7. The van der Waals surface area contributed by atoms with Gasteiger partial charge in [0.2, 0.25) is 0 Å². The van der Waals surface area contributed by atoms with Crippen LogP contribution in [0.4, 0.5) is 5.69 Å². The molecule has 2 N–H and O–H groups in total. The normalized spacial score (nSPS) is 11.1. The maximum absolute atomic E-state index is 5.45. The summed E-state index contributed by atoms with van der Waals surface area (Å²) in [6.45, 7) is 4.41. The van der Waals surface area contributed by atoms with Gasteiger partial charge in [-0.05, 0) is 30.7 Å². The molecule has 0 fully saturated rings. The molecule has 0 spiro atoms. The molecule has 0 saturated carbocycles. The number of aliphatic imine (C=N–C) groups is 1. The highest BCUT2D eigenvalue weighted by Crippen LogP contribution is 2.19. The molecule has 0 amide bonds. The summed E-state index contributed by atoms with van der Waals surface area (Å²) in [7, 11) is 5.57. The summed E-state index contributed by atoms with van der Waals surface area (Å²) >= 11 is 0. The number of aryl methyl sites for hydroxylation is 1. The van der Waals surface area contributed by atoms with Crippen LogP contribution in [-0.2, 0) is 6.54 Å². The molecule has 134 valence electrons. The van der Waals surface area contributed by atoms with Crippen molar-refractivity contribution in [1.82, 2.24) is 10.6 Å². The molecule has 2 aromatic carbocycles. The topological polar surface area (TPSA) is 48.9 Å². The third-order valence-corrected chi connectivity index (χ3v) is 4.05. The lowest BCUT2D eigenvalue weighted by Crippen LogP contribution is -2.40. The van der Waals surface area contributed by atoms with E-state index in [1.807, 2.05) is 12.1 Å². The third kappa shape index (κ3) is 5.71. The Bertz CT molecular complexity index is 685. The zero-order valence-corrected chi connectivity index (χ0v) is 15.5. The fraction of sp³-hybridized carbons (Fsp3) is 0.350. The lowest BCUT2D eigenvalue weighted by molar-refractivity contribution is 0.408. The van der Waals surface area contributed by atoms with E-state index in [1.54, 1.807) is 14.2 Å². The van der Waals surface area contributed by atoms with Crippen molar-refractivity contribution in [3.8, 4) is 5.75 Å². The average Bonchev–Trinajstić information content (AvgIpc) is 2.65. The Morgan fingerprint density at radius 1 is 1.12 bits per heavy atom. The smallest absolute Gasteiger partial charge is 0.191 e. The minimum Gasteiger partial charge on any atom is -0.496 e. The van der Waals surface area contributed by atoms with Gasteiger partial charge < -0.3 is 20.3 Å². The van der Waals surface area contributed by atoms with E-state index in [9.17, 15) is 0 Å². The van der Waals surface area contributed by atoms with Crippen LogP contribution in [0.3, 0.4) is 0 Å². The van der Waals surface area contributed by atoms with E-state index in [4.69, 9.17) is 4.74 Å². The van der Waals surface area contributed by atoms with Crippen LogP contribution in [0.5, 0.6) is 5.75 Å². The number of para-hydroxylation sites is 1. The third-order valence-electron chi connectivity index (χ3n) is 4.05. The average molecular weight is 340 g/mol. The van der Waals surface area contributed by atoms with Crippen LogP contribution in [0.25, 0.3) is 0 Å². The van der Waals surface area contributed by atoms with Crippen molar-refractivity contribution in [2.75, 3.05) is 39.2 Å². The van der Waals surface area contributed by atoms with Gasteiger partial charge in [0.15, 0.2) is 5.96 Å². The molecule has 0 aliphatic carbocycles. The van der Waals surface area contributed by atoms with Gasteiger partial charge >= 0.3 is 0 Å². The van der Waals surface area contributed by atoms with Crippen LogP contribution in [0.15, 0.2) is 53.5 Å². The summed E-state index contributed by atoms with van der Waals surface area (Å²) in [5.41, 5.74) is 3.50. The predicted octanol–water partition coefficient (Wildman–Crippen LogP) is 2.81. The maximum atomic E-state index is 5.45. The number of nitrogens with one attached hydrogen (secondary N) is 2. The molecule has 2 aromatic rings. The SMILES string of the molecule is CN=C(NCCN(C)c1ccccc1)NCc1ccc(C)cc1OC. The number of hydrogen-bond acceptors (Lipinski definition) is 3. The van der Waals surface area contributed by atoms with Crippen molar-refractivity contribution >= 4 is 11.6 Å². The van der Waals surface area contributed by atoms with Gasteiger partial charge in [-0.2, -0.15) is 0 Å². The fourth-order valence-corrected chi connectivity index (χ4v) is 2.55. The van der Waals surface area contributed by atoms with Crippen molar-refractivity contribution in [3.63, 3.8) is 0 Å². The van der Waals surface area contributed by atoms with E-state index in [0.717, 1.165) is 30.4 Å². The molecular formula is C20H28N4O. The van der Waals surface area contributed by atoms with Crippen molar-refractivity contribution < 1.29 is 4.74 Å². The van der Waals surface area contributed by atoms with E-state index in [1.165, 1.54) is 11.3 Å². The second-order valence-corrected chi connectivity index (χ2v) is 5.92. The first-order chi connectivity index (χ1) is 12.1. The van der Waals surface area contributed by atoms with Crippen molar-refractivity contribution in [2.45, 2.75) is 13.5 Å². The van der Waals surface area contributed by atoms with Gasteiger partial charge in [-0.15, -0.1) is 0 Å². The number of nitrogens with zero attached hydrogens (tertiary/aromatic N) is 2. The molecule has 0 radical (unpaired) electrons. The van der Waals surface area contributed by atoms with Crippen molar-refractivity contribution in [3.05, 3.63) is 59.7 Å². The van der Waals surface area contributed by atoms with Crippen molar-refractivity contribution in [2.24, 2.45) is 4.99 Å². The van der Waals surface area contributed by atoms with Crippen LogP contribution < -0.4 is 20.3 Å². The first-order valence-corrected chi connectivity index (χ1v) is 8.48. The summed E-state index contributed by atoms with van der Waals surface area (Å²) in [4.78, 5) is 6.49. The van der Waals surface area contributed by atoms with Gasteiger partial charge in [0.05, 0.1) is 7.11 Å². The van der Waals surface area contributed by atoms with Gasteiger partial charge in [0, 0.05) is 45.0 Å². The molecule has 2 rings (SSSR count). The quantitative estimate of drug-likeness (QED) is 0.601. The van der Waals surface area contributed by atoms with Gasteiger partial charge in [-0.25, -0.2) is 0 Å². The summed E-state index contributed by atoms with van der Waals surface area (Å²) < 4.78 is 5.45. The molecule has 0 saturated heterocycles. The monoisotopic (exact) mass is 340 g/mol. The van der Waals surface area contributed by atoms with Gasteiger partial charge in [-0.3, -0.25) is 4.99 Å². The van der Waals surface area contributed by atoms with E-state index >= 15 is 0 Å². The molecular weight excluding hydrogens is 312 g/mol. The van der Waals surface area contributed by atoms with E-state index in [0.29, 0.717) is 6.54 Å². The zero-order chi connectivity index (χ0) is 18.1. The Hall–Kier alpha value is -2.69. The van der Waals surface area contributed by atoms with E-state index in [-0.39, 0.29) is 0 Å². The van der Waals surface area contributed by atoms with Crippen LogP contribution >= 0.6 is 0 Å². The molecule has 0 bridgehead atoms. The molecule has 0 unspecified atom stereocenters. The highest BCUT2D eigenvalue weighted by atomic mass is 16.5. The Morgan fingerprint density at radius 2 is 1.88 bits per heavy atom. The number of anilines is 1. The molecule has 5 heteroatoms. The number of benzene rings is 2. The molecule has 0 atom stereocenters. The lowest BCUT2D eigenvalue weighted by Gasteiger charge is -2.20. The fourth-order valence-electron chi connectivity index (χ4n) is 2.55. The number of hydrogen-bond donors (Lipinski definition) is 2. The number of guanidine groups is 1. The molecule has 25 heavy (non-hydrogen) atoms. The van der Waals surface area contributed by atoms with Gasteiger partial charge in [0.25, 0.3) is 0 Å². The molecule has 0 aromatic heterocycles. The Labute approximate surface area is 150 Å². The first-order valence-electron chi connectivity index (χ1n) is 8.48. The number of methoxy groups -OCH3 is 1. The van der Waals surface area contributed by atoms with Crippen LogP contribution in [0.2, 0.25) is 0 Å². The summed E-state index contributed by atoms with van der Waals surface area (Å²) in [6, 6.07) is 16.6. The van der Waals surface area contributed by atoms with Crippen LogP contribution in [-0.4, -0.2) is 40.3 Å². The zero-order valence-electron chi connectivity index (χ0n) is 15.5. The minimum atomic E-state index is 0.664. The van der Waals surface area contributed by atoms with E-state index < -0.39 is 0 Å². The lowest BCUT2D eigenvalue weighted by atomic mass is 10.1. The molecule has 0 aliphatic heterocycles. The minimum absolute atomic E-state index is 0.664. The molecule has 0 aliphatic rings. The Morgan fingerprint density at radius 3 is 2.56 bits per heavy atom. The molecule has 0 heterocycles. The second-order valence-electron chi connectivity index (χ2n) is 5.92. The number of ether oxygens (including phenoxy) is 1. The summed E-state index contributed by atoms with van der Waals surface area (Å²) in [5.74, 6) is 1.68. The standard InChI is InChI=1S/C20H28N4O/c1-16-10-11-17(19(14-16)25-4)15-23-20(21-2)22-12-13-24(3)18-8-6-5-7-9-18/h5-11,14H,12-13,15H2,1-4H3,(H2,21,22,23). The predicted molar refractivity (Wildman–Crippen MR) is 106 cm³/mol. The van der Waals surface area contributed by atoms with E-state index in [2.05, 4.69) is 70.9 Å². The molecule has 5 nitrogen and oxygen atoms in total. The van der Waals surface area contributed by atoms with Crippen molar-refractivity contribution in [1.29, 1.82) is 0 Å². The first kappa shape index (κ1) is 18.6. The number of likely N-dealkylation sites (N-methyl/N-ethyl adjacent to an activating group) is 1. The van der Waals surface area contributed by atoms with Gasteiger partial charge in [0.1, 0.15) is 5.75 Å². The van der Waals surface area contributed by atoms with Crippen LogP contribution in [0, 0.1) is 6.92 Å². The van der Waals surface area contributed by atoms with Gasteiger partial charge in [-0.1, -0.05) is 30.3 Å². The Kier molecular flexibility index (Phi) is 7.14. The highest BCUT2D eigenvalue weighted by molar-refractivity contribution is 5.79. The Balaban J connectivity index is 1.81. The highest BCUT2D eigenvalue weighted by Gasteiger charge is 2.05. The largest absolute Gasteiger partial charge is 0.496 e. The maximum Gasteiger partial charge on any atom is 0.191 e.